The maximum Gasteiger partial charge on any atom is 0.244 e. The average molecular weight is 243 g/mol. The average Bonchev–Trinajstić information content (AvgIpc) is 2.83. The predicted molar refractivity (Wildman–Crippen MR) is 61.3 cm³/mol. The minimum absolute atomic E-state index is 0.346. The minimum Gasteiger partial charge on any atom is -0.366 e. The molecule has 5 nitrogen and oxygen atoms in total. The highest BCUT2D eigenvalue weighted by Gasteiger charge is 2.28. The highest BCUT2D eigenvalue weighted by atomic mass is 32.2. The molecule has 16 heavy (non-hydrogen) atoms. The van der Waals surface area contributed by atoms with E-state index in [1.807, 2.05) is 0 Å². The van der Waals surface area contributed by atoms with Crippen LogP contribution in [-0.2, 0) is 10.0 Å². The molecule has 2 rings (SSSR count). The molecule has 0 saturated carbocycles. The number of nitrogens with two attached hydrogens (primary N) is 1. The van der Waals surface area contributed by atoms with Crippen molar-refractivity contribution in [2.45, 2.75) is 17.7 Å². The largest absolute Gasteiger partial charge is 0.366 e. The summed E-state index contributed by atoms with van der Waals surface area (Å²) >= 11 is 0. The lowest BCUT2D eigenvalue weighted by Crippen LogP contribution is -2.39. The number of hydrogen-bond donors (Lipinski definition) is 2. The Bertz CT molecular complexity index is 419. The molecule has 0 spiro atoms. The molecule has 1 aliphatic heterocycles. The van der Waals surface area contributed by atoms with Gasteiger partial charge in [0.15, 0.2) is 0 Å². The second-order valence-electron chi connectivity index (χ2n) is 4.13. The monoisotopic (exact) mass is 243 g/mol. The normalized spacial score (nSPS) is 20.1. The van der Waals surface area contributed by atoms with Crippen LogP contribution in [0, 0.1) is 5.92 Å². The van der Waals surface area contributed by atoms with Crippen molar-refractivity contribution in [3.05, 3.63) is 18.5 Å². The lowest BCUT2D eigenvalue weighted by molar-refractivity contribution is 0.278. The van der Waals surface area contributed by atoms with Gasteiger partial charge in [-0.25, -0.2) is 8.42 Å². The molecule has 1 saturated heterocycles. The molecule has 0 aliphatic carbocycles. The smallest absolute Gasteiger partial charge is 0.244 e. The third kappa shape index (κ3) is 2.14. The number of aromatic nitrogens is 1. The van der Waals surface area contributed by atoms with E-state index in [2.05, 4.69) is 4.98 Å². The Morgan fingerprint density at radius 1 is 1.44 bits per heavy atom. The van der Waals surface area contributed by atoms with Crippen LogP contribution in [0.4, 0.5) is 0 Å². The van der Waals surface area contributed by atoms with Gasteiger partial charge in [-0.05, 0) is 31.4 Å². The number of piperidine rings is 1. The Hall–Kier alpha value is -0.850. The number of H-pyrrole nitrogens is 1. The van der Waals surface area contributed by atoms with E-state index in [9.17, 15) is 8.42 Å². The third-order valence-electron chi connectivity index (χ3n) is 3.11. The van der Waals surface area contributed by atoms with Crippen molar-refractivity contribution in [1.82, 2.24) is 9.29 Å². The van der Waals surface area contributed by atoms with Crippen LogP contribution in [0.2, 0.25) is 0 Å². The summed E-state index contributed by atoms with van der Waals surface area (Å²) < 4.78 is 25.8. The van der Waals surface area contributed by atoms with E-state index in [1.54, 1.807) is 16.6 Å². The van der Waals surface area contributed by atoms with Gasteiger partial charge in [0.25, 0.3) is 0 Å². The van der Waals surface area contributed by atoms with Crippen LogP contribution in [0.1, 0.15) is 12.8 Å². The van der Waals surface area contributed by atoms with Gasteiger partial charge in [0, 0.05) is 25.5 Å². The van der Waals surface area contributed by atoms with Crippen molar-refractivity contribution >= 4 is 10.0 Å². The lowest BCUT2D eigenvalue weighted by Gasteiger charge is -2.30. The summed E-state index contributed by atoms with van der Waals surface area (Å²) in [6, 6.07) is 1.59. The van der Waals surface area contributed by atoms with Crippen LogP contribution in [0.5, 0.6) is 0 Å². The Morgan fingerprint density at radius 2 is 2.12 bits per heavy atom. The number of nitrogens with one attached hydrogen (secondary N) is 1. The van der Waals surface area contributed by atoms with Crippen LogP contribution in [-0.4, -0.2) is 37.3 Å². The van der Waals surface area contributed by atoms with Crippen LogP contribution < -0.4 is 5.73 Å². The molecule has 0 bridgehead atoms. The first kappa shape index (κ1) is 11.6. The van der Waals surface area contributed by atoms with Crippen molar-refractivity contribution in [3.8, 4) is 0 Å². The Kier molecular flexibility index (Phi) is 3.32. The number of sulfonamides is 1. The van der Waals surface area contributed by atoms with Crippen molar-refractivity contribution in [3.63, 3.8) is 0 Å². The minimum atomic E-state index is -3.29. The van der Waals surface area contributed by atoms with Crippen LogP contribution in [0.15, 0.2) is 23.4 Å². The number of hydrogen-bond acceptors (Lipinski definition) is 3. The van der Waals surface area contributed by atoms with Gasteiger partial charge in [-0.3, -0.25) is 0 Å². The highest BCUT2D eigenvalue weighted by Crippen LogP contribution is 2.22. The number of aromatic amines is 1. The van der Waals surface area contributed by atoms with Gasteiger partial charge in [-0.1, -0.05) is 0 Å². The summed E-state index contributed by atoms with van der Waals surface area (Å²) in [6.45, 7) is 1.81. The van der Waals surface area contributed by atoms with E-state index >= 15 is 0 Å². The summed E-state index contributed by atoms with van der Waals surface area (Å²) in [5, 5.41) is 0. The fourth-order valence-corrected chi connectivity index (χ4v) is 3.45. The van der Waals surface area contributed by atoms with E-state index in [0.29, 0.717) is 30.4 Å². The summed E-state index contributed by atoms with van der Waals surface area (Å²) in [7, 11) is -3.29. The van der Waals surface area contributed by atoms with Crippen molar-refractivity contribution in [2.24, 2.45) is 11.7 Å². The van der Waals surface area contributed by atoms with Crippen molar-refractivity contribution in [2.75, 3.05) is 19.6 Å². The molecular formula is C10H17N3O2S. The molecule has 1 aromatic heterocycles. The maximum absolute atomic E-state index is 12.1. The molecule has 6 heteroatoms. The van der Waals surface area contributed by atoms with Crippen molar-refractivity contribution in [1.29, 1.82) is 0 Å². The van der Waals surface area contributed by atoms with E-state index in [-0.39, 0.29) is 0 Å². The SMILES string of the molecule is NCC1CCN(S(=O)(=O)c2cc[nH]c2)CC1. The molecule has 1 aliphatic rings. The van der Waals surface area contributed by atoms with E-state index in [0.717, 1.165) is 12.8 Å². The van der Waals surface area contributed by atoms with Crippen LogP contribution in [0.3, 0.4) is 0 Å². The molecule has 0 aromatic carbocycles. The second kappa shape index (κ2) is 4.57. The second-order valence-corrected chi connectivity index (χ2v) is 6.07. The summed E-state index contributed by atoms with van der Waals surface area (Å²) in [5.41, 5.74) is 5.58. The zero-order valence-corrected chi connectivity index (χ0v) is 9.91. The number of nitrogens with zero attached hydrogens (tertiary/aromatic N) is 1. The third-order valence-corrected chi connectivity index (χ3v) is 5.01. The fourth-order valence-electron chi connectivity index (χ4n) is 2.00. The first-order chi connectivity index (χ1) is 7.64. The molecule has 0 amide bonds. The molecule has 2 heterocycles. The predicted octanol–water partition coefficient (Wildman–Crippen LogP) is 0.374. The molecule has 0 atom stereocenters. The molecule has 1 aromatic rings. The first-order valence-electron chi connectivity index (χ1n) is 5.47. The molecule has 1 fully saturated rings. The van der Waals surface area contributed by atoms with Crippen molar-refractivity contribution < 1.29 is 8.42 Å². The van der Waals surface area contributed by atoms with E-state index < -0.39 is 10.0 Å². The molecule has 0 radical (unpaired) electrons. The van der Waals surface area contributed by atoms with Gasteiger partial charge in [0.2, 0.25) is 10.0 Å². The van der Waals surface area contributed by atoms with Gasteiger partial charge in [0.1, 0.15) is 0 Å². The molecular weight excluding hydrogens is 226 g/mol. The quantitative estimate of drug-likeness (QED) is 0.805. The Labute approximate surface area is 95.7 Å². The Balaban J connectivity index is 2.09. The zero-order valence-electron chi connectivity index (χ0n) is 9.09. The van der Waals surface area contributed by atoms with Gasteiger partial charge in [-0.15, -0.1) is 0 Å². The van der Waals surface area contributed by atoms with Gasteiger partial charge < -0.3 is 10.7 Å². The number of rotatable bonds is 3. The van der Waals surface area contributed by atoms with Crippen LogP contribution >= 0.6 is 0 Å². The summed E-state index contributed by atoms with van der Waals surface area (Å²) in [5.74, 6) is 0.470. The fraction of sp³-hybridized carbons (Fsp3) is 0.600. The Morgan fingerprint density at radius 3 is 2.62 bits per heavy atom. The molecule has 0 unspecified atom stereocenters. The molecule has 3 N–H and O–H groups in total. The zero-order chi connectivity index (χ0) is 11.6. The summed E-state index contributed by atoms with van der Waals surface area (Å²) in [6.07, 6.45) is 4.87. The van der Waals surface area contributed by atoms with Gasteiger partial charge in [0.05, 0.1) is 4.90 Å². The van der Waals surface area contributed by atoms with Crippen LogP contribution in [0.25, 0.3) is 0 Å². The van der Waals surface area contributed by atoms with E-state index in [4.69, 9.17) is 5.73 Å². The lowest BCUT2D eigenvalue weighted by atomic mass is 9.99. The maximum atomic E-state index is 12.1. The molecule has 90 valence electrons. The highest BCUT2D eigenvalue weighted by molar-refractivity contribution is 7.89. The topological polar surface area (TPSA) is 79.2 Å². The van der Waals surface area contributed by atoms with Gasteiger partial charge in [-0.2, -0.15) is 4.31 Å². The standard InChI is InChI=1S/C10H17N3O2S/c11-7-9-2-5-13(6-3-9)16(14,15)10-1-4-12-8-10/h1,4,8-9,12H,2-3,5-7,11H2. The first-order valence-corrected chi connectivity index (χ1v) is 6.91. The summed E-state index contributed by atoms with van der Waals surface area (Å²) in [4.78, 5) is 3.12. The van der Waals surface area contributed by atoms with Gasteiger partial charge >= 0.3 is 0 Å². The van der Waals surface area contributed by atoms with E-state index in [1.165, 1.54) is 6.20 Å².